The maximum Gasteiger partial charge on any atom is 0.274 e. The SMILES string of the molecule is Cl.O=C(Nc1ccc2c(c1)OCO2)C1CCN(C(=O)c2n[nH]c3c2CNCC3)CC1. The number of nitrogens with zero attached hydrogens (tertiary/aromatic N) is 2. The molecule has 2 aromatic rings. The smallest absolute Gasteiger partial charge is 0.274 e. The average molecular weight is 434 g/mol. The minimum atomic E-state index is -0.126. The third kappa shape index (κ3) is 3.82. The number of nitrogens with one attached hydrogen (secondary N) is 3. The predicted octanol–water partition coefficient (Wildman–Crippen LogP) is 1.70. The summed E-state index contributed by atoms with van der Waals surface area (Å²) in [6.45, 7) is 2.86. The zero-order valence-corrected chi connectivity index (χ0v) is 17.2. The highest BCUT2D eigenvalue weighted by molar-refractivity contribution is 5.95. The number of ether oxygens (including phenoxy) is 2. The number of hydrogen-bond donors (Lipinski definition) is 3. The number of halogens is 1. The molecule has 3 aliphatic heterocycles. The molecule has 10 heteroatoms. The van der Waals surface area contributed by atoms with E-state index in [1.54, 1.807) is 23.1 Å². The van der Waals surface area contributed by atoms with Crippen molar-refractivity contribution in [1.82, 2.24) is 20.4 Å². The van der Waals surface area contributed by atoms with Crippen LogP contribution in [0.25, 0.3) is 0 Å². The standard InChI is InChI=1S/C20H23N5O4.ClH/c26-19(22-13-1-2-16-17(9-13)29-11-28-16)12-4-7-25(8-5-12)20(27)18-14-10-21-6-3-15(14)23-24-18;/h1-2,9,12,21H,3-8,10-11H2,(H,22,26)(H,23,24);1H. The number of hydrogen-bond acceptors (Lipinski definition) is 6. The molecule has 0 bridgehead atoms. The van der Waals surface area contributed by atoms with Crippen LogP contribution < -0.4 is 20.1 Å². The maximum atomic E-state index is 12.9. The van der Waals surface area contributed by atoms with Crippen LogP contribution in [-0.4, -0.2) is 53.3 Å². The van der Waals surface area contributed by atoms with E-state index in [1.165, 1.54) is 0 Å². The van der Waals surface area contributed by atoms with Gasteiger partial charge in [-0.2, -0.15) is 5.10 Å². The predicted molar refractivity (Wildman–Crippen MR) is 111 cm³/mol. The van der Waals surface area contributed by atoms with Gasteiger partial charge >= 0.3 is 0 Å². The van der Waals surface area contributed by atoms with Gasteiger partial charge in [0.2, 0.25) is 12.7 Å². The van der Waals surface area contributed by atoms with Crippen LogP contribution in [0, 0.1) is 5.92 Å². The Hall–Kier alpha value is -2.78. The molecule has 0 saturated carbocycles. The number of fused-ring (bicyclic) bond motifs is 2. The Labute approximate surface area is 179 Å². The molecular formula is C20H24ClN5O4. The van der Waals surface area contributed by atoms with Crippen LogP contribution in [0.1, 0.15) is 34.6 Å². The minimum Gasteiger partial charge on any atom is -0.454 e. The summed E-state index contributed by atoms with van der Waals surface area (Å²) in [6, 6.07) is 5.37. The lowest BCUT2D eigenvalue weighted by atomic mass is 9.95. The molecule has 1 fully saturated rings. The average Bonchev–Trinajstić information content (AvgIpc) is 3.40. The largest absolute Gasteiger partial charge is 0.454 e. The highest BCUT2D eigenvalue weighted by atomic mass is 35.5. The van der Waals surface area contributed by atoms with Crippen LogP contribution in [0.15, 0.2) is 18.2 Å². The summed E-state index contributed by atoms with van der Waals surface area (Å²) in [5, 5.41) is 13.5. The highest BCUT2D eigenvalue weighted by Crippen LogP contribution is 2.34. The fourth-order valence-corrected chi connectivity index (χ4v) is 4.12. The Kier molecular flexibility index (Phi) is 5.83. The number of anilines is 1. The number of likely N-dealkylation sites (tertiary alicyclic amines) is 1. The summed E-state index contributed by atoms with van der Waals surface area (Å²) in [5.41, 5.74) is 3.22. The summed E-state index contributed by atoms with van der Waals surface area (Å²) in [4.78, 5) is 27.4. The van der Waals surface area contributed by atoms with E-state index in [2.05, 4.69) is 20.8 Å². The molecule has 2 amide bonds. The number of aromatic nitrogens is 2. The Morgan fingerprint density at radius 1 is 1.17 bits per heavy atom. The molecule has 1 saturated heterocycles. The molecular weight excluding hydrogens is 410 g/mol. The number of carbonyl (C=O) groups excluding carboxylic acids is 2. The van der Waals surface area contributed by atoms with Gasteiger partial charge in [0.15, 0.2) is 17.2 Å². The molecule has 0 spiro atoms. The molecule has 3 aliphatic rings. The van der Waals surface area contributed by atoms with Crippen molar-refractivity contribution in [3.8, 4) is 11.5 Å². The number of piperidine rings is 1. The Morgan fingerprint density at radius 3 is 2.80 bits per heavy atom. The fourth-order valence-electron chi connectivity index (χ4n) is 4.12. The van der Waals surface area contributed by atoms with Gasteiger partial charge in [-0.25, -0.2) is 0 Å². The molecule has 9 nitrogen and oxygen atoms in total. The second kappa shape index (κ2) is 8.53. The molecule has 4 heterocycles. The lowest BCUT2D eigenvalue weighted by molar-refractivity contribution is -0.121. The van der Waals surface area contributed by atoms with Crippen molar-refractivity contribution < 1.29 is 19.1 Å². The number of amides is 2. The molecule has 3 N–H and O–H groups in total. The van der Waals surface area contributed by atoms with Gasteiger partial charge in [-0.05, 0) is 25.0 Å². The van der Waals surface area contributed by atoms with Crippen molar-refractivity contribution >= 4 is 29.9 Å². The summed E-state index contributed by atoms with van der Waals surface area (Å²) < 4.78 is 10.6. The van der Waals surface area contributed by atoms with E-state index >= 15 is 0 Å². The van der Waals surface area contributed by atoms with Gasteiger partial charge in [-0.15, -0.1) is 12.4 Å². The molecule has 0 radical (unpaired) electrons. The molecule has 5 rings (SSSR count). The quantitative estimate of drug-likeness (QED) is 0.679. The fraction of sp³-hybridized carbons (Fsp3) is 0.450. The number of aromatic amines is 1. The molecule has 0 unspecified atom stereocenters. The lowest BCUT2D eigenvalue weighted by Crippen LogP contribution is -2.42. The van der Waals surface area contributed by atoms with Gasteiger partial charge in [0, 0.05) is 61.5 Å². The van der Waals surface area contributed by atoms with Crippen molar-refractivity contribution in [2.75, 3.05) is 31.7 Å². The van der Waals surface area contributed by atoms with E-state index in [0.717, 1.165) is 24.2 Å². The van der Waals surface area contributed by atoms with E-state index in [1.807, 2.05) is 0 Å². The zero-order valence-electron chi connectivity index (χ0n) is 16.4. The topological polar surface area (TPSA) is 109 Å². The van der Waals surface area contributed by atoms with E-state index in [0.29, 0.717) is 55.4 Å². The summed E-state index contributed by atoms with van der Waals surface area (Å²) in [5.74, 6) is 1.11. The van der Waals surface area contributed by atoms with Crippen LogP contribution in [0.5, 0.6) is 11.5 Å². The first-order chi connectivity index (χ1) is 14.2. The Balaban J connectivity index is 0.00000218. The summed E-state index contributed by atoms with van der Waals surface area (Å²) >= 11 is 0. The number of benzene rings is 1. The van der Waals surface area contributed by atoms with Crippen molar-refractivity contribution in [3.63, 3.8) is 0 Å². The van der Waals surface area contributed by atoms with E-state index < -0.39 is 0 Å². The number of H-pyrrole nitrogens is 1. The van der Waals surface area contributed by atoms with Gasteiger partial charge < -0.3 is 25.0 Å². The van der Waals surface area contributed by atoms with Gasteiger partial charge in [0.05, 0.1) is 0 Å². The second-order valence-electron chi connectivity index (χ2n) is 7.58. The normalized spacial score (nSPS) is 17.8. The van der Waals surface area contributed by atoms with E-state index in [-0.39, 0.29) is 36.9 Å². The van der Waals surface area contributed by atoms with E-state index in [4.69, 9.17) is 9.47 Å². The molecule has 0 atom stereocenters. The molecule has 160 valence electrons. The first-order valence-electron chi connectivity index (χ1n) is 9.95. The number of carbonyl (C=O) groups is 2. The third-order valence-corrected chi connectivity index (χ3v) is 5.80. The summed E-state index contributed by atoms with van der Waals surface area (Å²) in [6.07, 6.45) is 2.12. The Morgan fingerprint density at radius 2 is 1.97 bits per heavy atom. The monoisotopic (exact) mass is 433 g/mol. The molecule has 30 heavy (non-hydrogen) atoms. The first-order valence-corrected chi connectivity index (χ1v) is 9.95. The lowest BCUT2D eigenvalue weighted by Gasteiger charge is -2.31. The van der Waals surface area contributed by atoms with Crippen molar-refractivity contribution in [1.29, 1.82) is 0 Å². The van der Waals surface area contributed by atoms with Crippen LogP contribution in [0.4, 0.5) is 5.69 Å². The zero-order chi connectivity index (χ0) is 19.8. The molecule has 0 aliphatic carbocycles. The van der Waals surface area contributed by atoms with Crippen molar-refractivity contribution in [2.24, 2.45) is 5.92 Å². The molecule has 1 aromatic carbocycles. The van der Waals surface area contributed by atoms with Crippen LogP contribution in [0.2, 0.25) is 0 Å². The van der Waals surface area contributed by atoms with Gasteiger partial charge in [-0.3, -0.25) is 14.7 Å². The second-order valence-corrected chi connectivity index (χ2v) is 7.58. The highest BCUT2D eigenvalue weighted by Gasteiger charge is 2.31. The Bertz CT molecular complexity index is 955. The van der Waals surface area contributed by atoms with Crippen LogP contribution in [0.3, 0.4) is 0 Å². The van der Waals surface area contributed by atoms with Crippen LogP contribution in [-0.2, 0) is 17.8 Å². The van der Waals surface area contributed by atoms with Crippen molar-refractivity contribution in [3.05, 3.63) is 35.2 Å². The van der Waals surface area contributed by atoms with Gasteiger partial charge in [-0.1, -0.05) is 0 Å². The first kappa shape index (κ1) is 20.5. The van der Waals surface area contributed by atoms with E-state index in [9.17, 15) is 9.59 Å². The third-order valence-electron chi connectivity index (χ3n) is 5.80. The maximum absolute atomic E-state index is 12.9. The molecule has 1 aromatic heterocycles. The van der Waals surface area contributed by atoms with Crippen molar-refractivity contribution in [2.45, 2.75) is 25.8 Å². The van der Waals surface area contributed by atoms with Gasteiger partial charge in [0.25, 0.3) is 5.91 Å². The van der Waals surface area contributed by atoms with Crippen LogP contribution >= 0.6 is 12.4 Å². The van der Waals surface area contributed by atoms with Gasteiger partial charge in [0.1, 0.15) is 0 Å². The minimum absolute atomic E-state index is 0. The number of rotatable bonds is 3. The summed E-state index contributed by atoms with van der Waals surface area (Å²) in [7, 11) is 0.